The molecular formula is C14H14FNO3. The number of nitrogens with one attached hydrogen (secondary N) is 1. The van der Waals surface area contributed by atoms with E-state index >= 15 is 0 Å². The molecule has 0 fully saturated rings. The minimum absolute atomic E-state index is 0.211. The second-order valence-electron chi connectivity index (χ2n) is 4.24. The van der Waals surface area contributed by atoms with E-state index in [-0.39, 0.29) is 12.2 Å². The van der Waals surface area contributed by atoms with E-state index in [0.717, 1.165) is 6.07 Å². The van der Waals surface area contributed by atoms with Crippen LogP contribution in [0.25, 0.3) is 0 Å². The van der Waals surface area contributed by atoms with Crippen molar-refractivity contribution in [1.82, 2.24) is 5.32 Å². The Labute approximate surface area is 109 Å². The predicted molar refractivity (Wildman–Crippen MR) is 67.1 cm³/mol. The van der Waals surface area contributed by atoms with E-state index in [2.05, 4.69) is 5.32 Å². The summed E-state index contributed by atoms with van der Waals surface area (Å²) in [6.45, 7) is 1.41. The Morgan fingerprint density at radius 3 is 2.84 bits per heavy atom. The van der Waals surface area contributed by atoms with E-state index in [1.165, 1.54) is 12.3 Å². The summed E-state index contributed by atoms with van der Waals surface area (Å²) in [4.78, 5) is 12.0. The molecule has 1 aromatic heterocycles. The minimum Gasteiger partial charge on any atom is -0.467 e. The molecule has 0 spiro atoms. The lowest BCUT2D eigenvalue weighted by Gasteiger charge is -2.14. The van der Waals surface area contributed by atoms with Crippen molar-refractivity contribution in [3.63, 3.8) is 0 Å². The number of aliphatic hydroxyl groups is 1. The fraction of sp³-hybridized carbons (Fsp3) is 0.214. The molecule has 2 N–H and O–H groups in total. The van der Waals surface area contributed by atoms with Gasteiger partial charge in [0, 0.05) is 5.56 Å². The number of rotatable bonds is 4. The Kier molecular flexibility index (Phi) is 3.97. The highest BCUT2D eigenvalue weighted by Gasteiger charge is 2.17. The highest BCUT2D eigenvalue weighted by Crippen LogP contribution is 2.14. The Morgan fingerprint density at radius 2 is 2.26 bits per heavy atom. The van der Waals surface area contributed by atoms with Crippen LogP contribution >= 0.6 is 0 Å². The fourth-order valence-corrected chi connectivity index (χ4v) is 1.81. The van der Waals surface area contributed by atoms with Crippen LogP contribution in [-0.2, 0) is 0 Å². The molecule has 1 heterocycles. The maximum atomic E-state index is 13.2. The standard InChI is InChI=1S/C14H14FNO3/c1-9-5-10(7-11(15)6-9)14(18)16-12(8-17)13-3-2-4-19-13/h2-7,12,17H,8H2,1H3,(H,16,18). The van der Waals surface area contributed by atoms with Crippen LogP contribution < -0.4 is 5.32 Å². The van der Waals surface area contributed by atoms with Gasteiger partial charge in [-0.1, -0.05) is 0 Å². The van der Waals surface area contributed by atoms with Gasteiger partial charge in [-0.15, -0.1) is 0 Å². The minimum atomic E-state index is -0.647. The van der Waals surface area contributed by atoms with Gasteiger partial charge in [-0.3, -0.25) is 4.79 Å². The molecule has 2 rings (SSSR count). The van der Waals surface area contributed by atoms with Crippen LogP contribution in [0, 0.1) is 12.7 Å². The average Bonchev–Trinajstić information content (AvgIpc) is 2.88. The Balaban J connectivity index is 2.15. The van der Waals surface area contributed by atoms with Gasteiger partial charge in [-0.2, -0.15) is 0 Å². The van der Waals surface area contributed by atoms with Crippen molar-refractivity contribution in [2.75, 3.05) is 6.61 Å². The SMILES string of the molecule is Cc1cc(F)cc(C(=O)NC(CO)c2ccco2)c1. The second kappa shape index (κ2) is 5.67. The summed E-state index contributed by atoms with van der Waals surface area (Å²) in [5.41, 5.74) is 0.867. The summed E-state index contributed by atoms with van der Waals surface area (Å²) in [6, 6.07) is 6.74. The Bertz CT molecular complexity index is 546. The summed E-state index contributed by atoms with van der Waals surface area (Å²) in [5, 5.41) is 11.8. The highest BCUT2D eigenvalue weighted by atomic mass is 19.1. The van der Waals surface area contributed by atoms with Crippen molar-refractivity contribution in [2.45, 2.75) is 13.0 Å². The van der Waals surface area contributed by atoms with Crippen LogP contribution in [0.2, 0.25) is 0 Å². The van der Waals surface area contributed by atoms with Crippen molar-refractivity contribution in [2.24, 2.45) is 0 Å². The Morgan fingerprint density at radius 1 is 1.47 bits per heavy atom. The molecule has 1 atom stereocenters. The van der Waals surface area contributed by atoms with E-state index in [0.29, 0.717) is 11.3 Å². The third-order valence-corrected chi connectivity index (χ3v) is 2.68. The summed E-state index contributed by atoms with van der Waals surface area (Å²) >= 11 is 0. The molecule has 2 aromatic rings. The summed E-state index contributed by atoms with van der Waals surface area (Å²) in [6.07, 6.45) is 1.45. The van der Waals surface area contributed by atoms with Crippen molar-refractivity contribution in [1.29, 1.82) is 0 Å². The quantitative estimate of drug-likeness (QED) is 0.888. The molecule has 4 nitrogen and oxygen atoms in total. The van der Waals surface area contributed by atoms with Crippen LogP contribution in [-0.4, -0.2) is 17.6 Å². The van der Waals surface area contributed by atoms with E-state index in [1.807, 2.05) is 0 Å². The van der Waals surface area contributed by atoms with Crippen LogP contribution in [0.5, 0.6) is 0 Å². The zero-order valence-electron chi connectivity index (χ0n) is 10.4. The molecule has 5 heteroatoms. The van der Waals surface area contributed by atoms with Gasteiger partial charge in [0.1, 0.15) is 17.6 Å². The molecule has 0 aliphatic rings. The molecule has 1 unspecified atom stereocenters. The molecule has 0 radical (unpaired) electrons. The zero-order valence-corrected chi connectivity index (χ0v) is 10.4. The molecule has 100 valence electrons. The van der Waals surface area contributed by atoms with E-state index in [9.17, 15) is 14.3 Å². The van der Waals surface area contributed by atoms with E-state index < -0.39 is 17.8 Å². The third-order valence-electron chi connectivity index (χ3n) is 2.68. The first-order valence-electron chi connectivity index (χ1n) is 5.82. The molecule has 1 aromatic carbocycles. The van der Waals surface area contributed by atoms with Crippen molar-refractivity contribution < 1.29 is 18.7 Å². The van der Waals surface area contributed by atoms with Gasteiger partial charge in [0.25, 0.3) is 5.91 Å². The number of aryl methyl sites for hydroxylation is 1. The van der Waals surface area contributed by atoms with Crippen molar-refractivity contribution in [3.8, 4) is 0 Å². The number of hydrogen-bond donors (Lipinski definition) is 2. The van der Waals surface area contributed by atoms with Crippen molar-refractivity contribution in [3.05, 3.63) is 59.3 Å². The molecule has 1 amide bonds. The lowest BCUT2D eigenvalue weighted by atomic mass is 10.1. The number of furan rings is 1. The normalized spacial score (nSPS) is 12.2. The summed E-state index contributed by atoms with van der Waals surface area (Å²) in [5.74, 6) is -0.481. The number of carbonyl (C=O) groups is 1. The van der Waals surface area contributed by atoms with Gasteiger partial charge in [-0.05, 0) is 42.8 Å². The molecule has 0 saturated carbocycles. The average molecular weight is 263 g/mol. The predicted octanol–water partition coefficient (Wildman–Crippen LogP) is 2.19. The van der Waals surface area contributed by atoms with E-state index in [1.54, 1.807) is 25.1 Å². The molecule has 0 aliphatic heterocycles. The topological polar surface area (TPSA) is 62.5 Å². The number of amides is 1. The van der Waals surface area contributed by atoms with Crippen LogP contribution in [0.1, 0.15) is 27.7 Å². The van der Waals surface area contributed by atoms with Crippen LogP contribution in [0.3, 0.4) is 0 Å². The van der Waals surface area contributed by atoms with Crippen LogP contribution in [0.15, 0.2) is 41.0 Å². The van der Waals surface area contributed by atoms with Gasteiger partial charge in [-0.25, -0.2) is 4.39 Å². The number of hydrogen-bond acceptors (Lipinski definition) is 3. The number of carbonyl (C=O) groups excluding carboxylic acids is 1. The number of halogens is 1. The van der Waals surface area contributed by atoms with Gasteiger partial charge in [0.15, 0.2) is 0 Å². The smallest absolute Gasteiger partial charge is 0.252 e. The van der Waals surface area contributed by atoms with Gasteiger partial charge in [0.2, 0.25) is 0 Å². The van der Waals surface area contributed by atoms with Crippen molar-refractivity contribution >= 4 is 5.91 Å². The molecule has 0 saturated heterocycles. The first-order valence-corrected chi connectivity index (χ1v) is 5.82. The van der Waals surface area contributed by atoms with Gasteiger partial charge in [0.05, 0.1) is 12.9 Å². The summed E-state index contributed by atoms with van der Waals surface area (Å²) in [7, 11) is 0. The van der Waals surface area contributed by atoms with Crippen LogP contribution in [0.4, 0.5) is 4.39 Å². The second-order valence-corrected chi connectivity index (χ2v) is 4.24. The van der Waals surface area contributed by atoms with Gasteiger partial charge < -0.3 is 14.8 Å². The zero-order chi connectivity index (χ0) is 13.8. The largest absolute Gasteiger partial charge is 0.467 e. The van der Waals surface area contributed by atoms with E-state index in [4.69, 9.17) is 4.42 Å². The first-order chi connectivity index (χ1) is 9.10. The maximum Gasteiger partial charge on any atom is 0.252 e. The third kappa shape index (κ3) is 3.20. The molecular weight excluding hydrogens is 249 g/mol. The molecule has 0 aliphatic carbocycles. The first kappa shape index (κ1) is 13.3. The lowest BCUT2D eigenvalue weighted by Crippen LogP contribution is -2.30. The highest BCUT2D eigenvalue weighted by molar-refractivity contribution is 5.94. The fourth-order valence-electron chi connectivity index (χ4n) is 1.81. The summed E-state index contributed by atoms with van der Waals surface area (Å²) < 4.78 is 18.4. The molecule has 0 bridgehead atoms. The number of aliphatic hydroxyl groups excluding tert-OH is 1. The lowest BCUT2D eigenvalue weighted by molar-refractivity contribution is 0.0907. The number of benzene rings is 1. The Hall–Kier alpha value is -2.14. The van der Waals surface area contributed by atoms with Gasteiger partial charge >= 0.3 is 0 Å². The molecule has 19 heavy (non-hydrogen) atoms. The monoisotopic (exact) mass is 263 g/mol. The maximum absolute atomic E-state index is 13.2.